The van der Waals surface area contributed by atoms with Gasteiger partial charge in [0.25, 0.3) is 0 Å². The van der Waals surface area contributed by atoms with Gasteiger partial charge in [-0.1, -0.05) is 229 Å². The summed E-state index contributed by atoms with van der Waals surface area (Å²) in [6, 6.07) is -0.642. The molecule has 6 heteroatoms. The van der Waals surface area contributed by atoms with Gasteiger partial charge in [0, 0.05) is 12.8 Å². The van der Waals surface area contributed by atoms with Gasteiger partial charge in [-0.15, -0.1) is 0 Å². The minimum atomic E-state index is -0.857. The summed E-state index contributed by atoms with van der Waals surface area (Å²) in [7, 11) is 0. The molecule has 2 unspecified atom stereocenters. The minimum Gasteiger partial charge on any atom is -0.466 e. The van der Waals surface area contributed by atoms with Crippen molar-refractivity contribution in [2.45, 2.75) is 289 Å². The van der Waals surface area contributed by atoms with E-state index in [0.29, 0.717) is 19.4 Å². The highest BCUT2D eigenvalue weighted by molar-refractivity contribution is 5.76. The van der Waals surface area contributed by atoms with Gasteiger partial charge >= 0.3 is 5.97 Å². The number of hydrogen-bond acceptors (Lipinski definition) is 5. The highest BCUT2D eigenvalue weighted by atomic mass is 16.5. The Morgan fingerprint density at radius 3 is 1.23 bits per heavy atom. The van der Waals surface area contributed by atoms with E-state index in [2.05, 4.69) is 67.8 Å². The maximum atomic E-state index is 12.5. The van der Waals surface area contributed by atoms with Crippen molar-refractivity contribution < 1.29 is 24.5 Å². The van der Waals surface area contributed by atoms with E-state index in [1.165, 1.54) is 154 Å². The fraction of sp³-hybridized carbons (Fsp3) is 0.797. The highest BCUT2D eigenvalue weighted by Crippen LogP contribution is 2.15. The second-order valence-electron chi connectivity index (χ2n) is 18.9. The molecule has 0 saturated carbocycles. The van der Waals surface area contributed by atoms with Gasteiger partial charge in [0.05, 0.1) is 25.4 Å². The molecule has 0 bridgehead atoms. The third-order valence-electron chi connectivity index (χ3n) is 12.5. The van der Waals surface area contributed by atoms with Crippen LogP contribution in [-0.4, -0.2) is 47.4 Å². The predicted octanol–water partition coefficient (Wildman–Crippen LogP) is 17.2. The zero-order valence-electron chi connectivity index (χ0n) is 43.0. The smallest absolute Gasteiger partial charge is 0.305 e. The van der Waals surface area contributed by atoms with Gasteiger partial charge in [-0.25, -0.2) is 0 Å². The number of carbonyl (C=O) groups is 2. The lowest BCUT2D eigenvalue weighted by Gasteiger charge is -2.20. The number of ether oxygens (including phenoxy) is 1. The molecule has 0 aliphatic rings. The molecule has 0 aromatic heterocycles. The van der Waals surface area contributed by atoms with E-state index in [-0.39, 0.29) is 18.5 Å². The molecule has 0 fully saturated rings. The van der Waals surface area contributed by atoms with Gasteiger partial charge in [-0.3, -0.25) is 9.59 Å². The molecule has 0 spiro atoms. The number of unbranched alkanes of at least 4 members (excludes halogenated alkanes) is 32. The Morgan fingerprint density at radius 2 is 0.800 bits per heavy atom. The summed E-state index contributed by atoms with van der Waals surface area (Å²) in [6.45, 7) is 4.78. The van der Waals surface area contributed by atoms with Gasteiger partial charge in [-0.2, -0.15) is 0 Å². The van der Waals surface area contributed by atoms with Crippen molar-refractivity contribution in [1.82, 2.24) is 5.32 Å². The molecule has 0 heterocycles. The quantitative estimate of drug-likeness (QED) is 0.0321. The number of carbonyl (C=O) groups excluding carboxylic acids is 2. The van der Waals surface area contributed by atoms with Gasteiger partial charge in [-0.05, 0) is 96.3 Å². The number of amides is 1. The van der Waals surface area contributed by atoms with Crippen molar-refractivity contribution in [3.8, 4) is 0 Å². The van der Waals surface area contributed by atoms with Crippen LogP contribution in [0.25, 0.3) is 0 Å². The molecule has 0 rings (SSSR count). The van der Waals surface area contributed by atoms with E-state index in [9.17, 15) is 19.8 Å². The number of esters is 1. The fourth-order valence-electron chi connectivity index (χ4n) is 8.17. The normalized spacial score (nSPS) is 13.1. The standard InChI is InChI=1S/C59H107NO5/c1-3-5-7-9-11-13-15-17-18-19-21-24-28-31-35-39-43-47-51-57(62)56(55-61)60-58(63)52-48-44-40-36-32-29-25-22-20-23-26-30-34-38-42-46-50-54-65-59(64)53-49-45-41-37-33-27-16-14-12-10-8-6-4-2/h8,10,14,16,20,23,30,34,47,51,56-57,61-62H,3-7,9,11-13,15,17-19,21-22,24-29,31-33,35-46,48-50,52-55H2,1-2H3,(H,60,63)/b10-8-,16-14-,23-20-,34-30-,51-47+. The highest BCUT2D eigenvalue weighted by Gasteiger charge is 2.18. The maximum absolute atomic E-state index is 12.5. The lowest BCUT2D eigenvalue weighted by atomic mass is 10.0. The second-order valence-corrected chi connectivity index (χ2v) is 18.9. The average molecular weight is 911 g/mol. The average Bonchev–Trinajstić information content (AvgIpc) is 3.31. The molecular formula is C59H107NO5. The van der Waals surface area contributed by atoms with Crippen LogP contribution in [-0.2, 0) is 14.3 Å². The van der Waals surface area contributed by atoms with Crippen molar-refractivity contribution in [2.24, 2.45) is 0 Å². The van der Waals surface area contributed by atoms with Crippen LogP contribution in [0.1, 0.15) is 277 Å². The number of hydrogen-bond donors (Lipinski definition) is 3. The molecule has 0 saturated heterocycles. The first-order valence-corrected chi connectivity index (χ1v) is 28.1. The molecule has 3 N–H and O–H groups in total. The number of nitrogens with one attached hydrogen (secondary N) is 1. The Bertz CT molecular complexity index is 1140. The van der Waals surface area contributed by atoms with Crippen molar-refractivity contribution >= 4 is 11.9 Å². The first kappa shape index (κ1) is 62.6. The summed E-state index contributed by atoms with van der Waals surface area (Å²) in [5.41, 5.74) is 0. The molecule has 0 aromatic rings. The Labute approximate surface area is 403 Å². The maximum Gasteiger partial charge on any atom is 0.305 e. The lowest BCUT2D eigenvalue weighted by molar-refractivity contribution is -0.143. The minimum absolute atomic E-state index is 0.0326. The Morgan fingerprint density at radius 1 is 0.431 bits per heavy atom. The van der Waals surface area contributed by atoms with Crippen LogP contribution >= 0.6 is 0 Å². The van der Waals surface area contributed by atoms with Crippen LogP contribution < -0.4 is 5.32 Å². The van der Waals surface area contributed by atoms with Crippen LogP contribution in [0.5, 0.6) is 0 Å². The second kappa shape index (κ2) is 54.2. The zero-order valence-corrected chi connectivity index (χ0v) is 43.0. The van der Waals surface area contributed by atoms with Gasteiger partial charge in [0.1, 0.15) is 0 Å². The number of aliphatic hydroxyl groups is 2. The number of rotatable bonds is 51. The van der Waals surface area contributed by atoms with Gasteiger partial charge < -0.3 is 20.3 Å². The molecule has 0 radical (unpaired) electrons. The summed E-state index contributed by atoms with van der Waals surface area (Å²) >= 11 is 0. The predicted molar refractivity (Wildman–Crippen MR) is 282 cm³/mol. The van der Waals surface area contributed by atoms with Gasteiger partial charge in [0.15, 0.2) is 0 Å². The summed E-state index contributed by atoms with van der Waals surface area (Å²) in [5, 5.41) is 23.1. The summed E-state index contributed by atoms with van der Waals surface area (Å²) in [4.78, 5) is 24.5. The molecule has 1 amide bonds. The molecule has 0 aliphatic carbocycles. The van der Waals surface area contributed by atoms with E-state index >= 15 is 0 Å². The van der Waals surface area contributed by atoms with E-state index < -0.39 is 12.1 Å². The van der Waals surface area contributed by atoms with Gasteiger partial charge in [0.2, 0.25) is 5.91 Å². The Hall–Kier alpha value is -2.44. The zero-order chi connectivity index (χ0) is 47.2. The largest absolute Gasteiger partial charge is 0.466 e. The molecular weight excluding hydrogens is 803 g/mol. The van der Waals surface area contributed by atoms with Crippen LogP contribution in [0.2, 0.25) is 0 Å². The lowest BCUT2D eigenvalue weighted by Crippen LogP contribution is -2.45. The molecule has 2 atom stereocenters. The van der Waals surface area contributed by atoms with Crippen molar-refractivity contribution in [2.75, 3.05) is 13.2 Å². The third kappa shape index (κ3) is 50.8. The van der Waals surface area contributed by atoms with E-state index in [0.717, 1.165) is 96.3 Å². The molecule has 0 aliphatic heterocycles. The van der Waals surface area contributed by atoms with Crippen LogP contribution in [0.4, 0.5) is 0 Å². The SMILES string of the molecule is CCC/C=C\C/C=C\CCCCCCCC(=O)OCCCCC/C=C\C/C=C\CCCCCCCCCC(=O)NC(CO)C(O)/C=C/CCCCCCCCCCCCCCCCCC. The molecule has 65 heavy (non-hydrogen) atoms. The van der Waals surface area contributed by atoms with Crippen molar-refractivity contribution in [3.05, 3.63) is 60.8 Å². The van der Waals surface area contributed by atoms with Crippen LogP contribution in [0, 0.1) is 0 Å². The first-order chi connectivity index (χ1) is 32.0. The topological polar surface area (TPSA) is 95.9 Å². The molecule has 378 valence electrons. The Balaban J connectivity index is 3.56. The number of allylic oxidation sites excluding steroid dienone is 9. The van der Waals surface area contributed by atoms with E-state index in [4.69, 9.17) is 4.74 Å². The van der Waals surface area contributed by atoms with Crippen LogP contribution in [0.15, 0.2) is 60.8 Å². The number of aliphatic hydroxyl groups excluding tert-OH is 2. The summed E-state index contributed by atoms with van der Waals surface area (Å²) in [6.07, 6.45) is 69.5. The monoisotopic (exact) mass is 910 g/mol. The third-order valence-corrected chi connectivity index (χ3v) is 12.5. The Kier molecular flexibility index (Phi) is 52.1. The van der Waals surface area contributed by atoms with E-state index in [1.807, 2.05) is 6.08 Å². The summed E-state index contributed by atoms with van der Waals surface area (Å²) < 4.78 is 5.43. The first-order valence-electron chi connectivity index (χ1n) is 28.1. The van der Waals surface area contributed by atoms with E-state index in [1.54, 1.807) is 6.08 Å². The molecule has 6 nitrogen and oxygen atoms in total. The fourth-order valence-corrected chi connectivity index (χ4v) is 8.17. The van der Waals surface area contributed by atoms with Crippen LogP contribution in [0.3, 0.4) is 0 Å². The van der Waals surface area contributed by atoms with Crippen molar-refractivity contribution in [3.63, 3.8) is 0 Å². The summed E-state index contributed by atoms with van der Waals surface area (Å²) in [5.74, 6) is -0.117. The molecule has 0 aromatic carbocycles. The van der Waals surface area contributed by atoms with Crippen molar-refractivity contribution in [1.29, 1.82) is 0 Å².